The summed E-state index contributed by atoms with van der Waals surface area (Å²) < 4.78 is 24.0. The lowest BCUT2D eigenvalue weighted by Crippen LogP contribution is -2.23. The van der Waals surface area contributed by atoms with Gasteiger partial charge in [-0.1, -0.05) is 13.8 Å². The number of primary amides is 1. The Morgan fingerprint density at radius 1 is 1.29 bits per heavy atom. The number of pyridine rings is 1. The van der Waals surface area contributed by atoms with Crippen LogP contribution in [0.1, 0.15) is 37.9 Å². The zero-order valence-electron chi connectivity index (χ0n) is 17.0. The van der Waals surface area contributed by atoms with E-state index in [2.05, 4.69) is 10.3 Å². The number of nitrogens with one attached hydrogen (secondary N) is 1. The van der Waals surface area contributed by atoms with Crippen molar-refractivity contribution in [2.75, 3.05) is 14.1 Å². The molecule has 0 bridgehead atoms. The zero-order chi connectivity index (χ0) is 21.1. The summed E-state index contributed by atoms with van der Waals surface area (Å²) in [5, 5.41) is 2.75. The van der Waals surface area contributed by atoms with Crippen LogP contribution in [0, 0.1) is 5.82 Å². The van der Waals surface area contributed by atoms with Crippen LogP contribution < -0.4 is 20.5 Å². The molecule has 3 N–H and O–H groups in total. The molecule has 1 aromatic heterocycles. The number of nitrogens with two attached hydrogens (primary N) is 1. The van der Waals surface area contributed by atoms with Crippen LogP contribution in [-0.4, -0.2) is 25.0 Å². The van der Waals surface area contributed by atoms with Gasteiger partial charge < -0.3 is 20.5 Å². The SMILES string of the molecule is CC.CC1=CC(C(N)=O)c2cc(OCc3ccc(F)cn3)ccc2O1.CNC. The number of carbonyl (C=O) groups excluding carboxylic acids is 1. The number of nitrogens with zero attached hydrogens (tertiary/aromatic N) is 1. The predicted octanol–water partition coefficient (Wildman–Crippen LogP) is 3.53. The van der Waals surface area contributed by atoms with E-state index < -0.39 is 17.6 Å². The second-order valence-corrected chi connectivity index (χ2v) is 5.72. The third-order valence-corrected chi connectivity index (χ3v) is 3.47. The Balaban J connectivity index is 0.000000717. The number of hydrogen-bond donors (Lipinski definition) is 2. The van der Waals surface area contributed by atoms with Gasteiger partial charge in [0.25, 0.3) is 0 Å². The number of aromatic nitrogens is 1. The Kier molecular flexibility index (Phi) is 9.67. The lowest BCUT2D eigenvalue weighted by molar-refractivity contribution is -0.118. The zero-order valence-corrected chi connectivity index (χ0v) is 17.0. The summed E-state index contributed by atoms with van der Waals surface area (Å²) in [7, 11) is 3.75. The molecular weight excluding hydrogens is 361 g/mol. The fraction of sp³-hybridized carbons (Fsp3) is 0.333. The van der Waals surface area contributed by atoms with Gasteiger partial charge >= 0.3 is 0 Å². The Hall–Kier alpha value is -2.93. The van der Waals surface area contributed by atoms with Crippen molar-refractivity contribution in [3.63, 3.8) is 0 Å². The first-order chi connectivity index (χ1) is 13.4. The second kappa shape index (κ2) is 11.7. The summed E-state index contributed by atoms with van der Waals surface area (Å²) in [6, 6.07) is 8.06. The monoisotopic (exact) mass is 389 g/mol. The number of fused-ring (bicyclic) bond motifs is 1. The summed E-state index contributed by atoms with van der Waals surface area (Å²) in [5.41, 5.74) is 6.71. The highest BCUT2D eigenvalue weighted by Crippen LogP contribution is 2.36. The second-order valence-electron chi connectivity index (χ2n) is 5.72. The number of hydrogen-bond acceptors (Lipinski definition) is 5. The van der Waals surface area contributed by atoms with Crippen LogP contribution in [0.4, 0.5) is 4.39 Å². The number of ether oxygens (including phenoxy) is 2. The van der Waals surface area contributed by atoms with Gasteiger partial charge in [0.2, 0.25) is 5.91 Å². The van der Waals surface area contributed by atoms with Crippen molar-refractivity contribution >= 4 is 5.91 Å². The summed E-state index contributed by atoms with van der Waals surface area (Å²) >= 11 is 0. The molecule has 1 unspecified atom stereocenters. The van der Waals surface area contributed by atoms with Crippen LogP contribution in [-0.2, 0) is 11.4 Å². The van der Waals surface area contributed by atoms with Crippen LogP contribution in [0.2, 0.25) is 0 Å². The third kappa shape index (κ3) is 6.66. The largest absolute Gasteiger partial charge is 0.487 e. The molecule has 0 fully saturated rings. The van der Waals surface area contributed by atoms with Crippen LogP contribution in [0.3, 0.4) is 0 Å². The number of halogens is 1. The van der Waals surface area contributed by atoms with Gasteiger partial charge in [-0.05, 0) is 57.4 Å². The lowest BCUT2D eigenvalue weighted by atomic mass is 9.94. The van der Waals surface area contributed by atoms with E-state index >= 15 is 0 Å². The highest BCUT2D eigenvalue weighted by Gasteiger charge is 2.25. The topological polar surface area (TPSA) is 86.5 Å². The van der Waals surface area contributed by atoms with Gasteiger partial charge in [0.05, 0.1) is 23.6 Å². The van der Waals surface area contributed by atoms with E-state index in [1.54, 1.807) is 37.3 Å². The Bertz CT molecular complexity index is 792. The molecule has 1 aromatic carbocycles. The fourth-order valence-corrected chi connectivity index (χ4v) is 2.37. The molecule has 28 heavy (non-hydrogen) atoms. The lowest BCUT2D eigenvalue weighted by Gasteiger charge is -2.22. The fourth-order valence-electron chi connectivity index (χ4n) is 2.37. The average Bonchev–Trinajstić information content (AvgIpc) is 2.69. The van der Waals surface area contributed by atoms with Gasteiger partial charge in [-0.2, -0.15) is 0 Å². The van der Waals surface area contributed by atoms with E-state index in [-0.39, 0.29) is 6.61 Å². The number of carbonyl (C=O) groups is 1. The van der Waals surface area contributed by atoms with E-state index in [0.29, 0.717) is 28.5 Å². The predicted molar refractivity (Wildman–Crippen MR) is 108 cm³/mol. The summed E-state index contributed by atoms with van der Waals surface area (Å²) in [4.78, 5) is 15.5. The van der Waals surface area contributed by atoms with Crippen molar-refractivity contribution in [1.82, 2.24) is 10.3 Å². The quantitative estimate of drug-likeness (QED) is 0.835. The molecule has 1 aliphatic heterocycles. The maximum atomic E-state index is 12.8. The maximum Gasteiger partial charge on any atom is 0.229 e. The minimum Gasteiger partial charge on any atom is -0.487 e. The normalized spacial score (nSPS) is 14.1. The molecular formula is C21H28FN3O3. The molecule has 1 aliphatic rings. The van der Waals surface area contributed by atoms with E-state index in [9.17, 15) is 9.18 Å². The van der Waals surface area contributed by atoms with Crippen molar-refractivity contribution in [2.45, 2.75) is 33.3 Å². The smallest absolute Gasteiger partial charge is 0.229 e. The van der Waals surface area contributed by atoms with Crippen molar-refractivity contribution in [3.8, 4) is 11.5 Å². The molecule has 0 saturated carbocycles. The number of amides is 1. The van der Waals surface area contributed by atoms with Gasteiger partial charge in [-0.15, -0.1) is 0 Å². The molecule has 1 amide bonds. The van der Waals surface area contributed by atoms with Crippen molar-refractivity contribution in [2.24, 2.45) is 5.73 Å². The molecule has 7 heteroatoms. The Labute approximate surface area is 165 Å². The standard InChI is InChI=1S/C17H15FN2O3.C2H7N.C2H6/c1-10-6-15(17(19)21)14-7-13(4-5-16(14)23-10)22-9-12-3-2-11(18)8-20-12;1-3-2;1-2/h2-8,15H,9H2,1H3,(H2,19,21);3H,1-2H3;1-2H3. The summed E-state index contributed by atoms with van der Waals surface area (Å²) in [6.07, 6.45) is 2.81. The summed E-state index contributed by atoms with van der Waals surface area (Å²) in [5.74, 6) is 0.368. The molecule has 2 aromatic rings. The van der Waals surface area contributed by atoms with Crippen LogP contribution in [0.25, 0.3) is 0 Å². The van der Waals surface area contributed by atoms with Gasteiger partial charge in [-0.25, -0.2) is 4.39 Å². The van der Waals surface area contributed by atoms with Crippen molar-refractivity contribution in [3.05, 3.63) is 65.4 Å². The van der Waals surface area contributed by atoms with Crippen LogP contribution >= 0.6 is 0 Å². The first kappa shape index (κ1) is 23.1. The Morgan fingerprint density at radius 3 is 2.54 bits per heavy atom. The minimum atomic E-state index is -0.550. The van der Waals surface area contributed by atoms with Crippen LogP contribution in [0.15, 0.2) is 48.4 Å². The van der Waals surface area contributed by atoms with Crippen LogP contribution in [0.5, 0.6) is 11.5 Å². The van der Waals surface area contributed by atoms with E-state index in [4.69, 9.17) is 15.2 Å². The van der Waals surface area contributed by atoms with Gasteiger partial charge in [0, 0.05) is 5.56 Å². The molecule has 0 spiro atoms. The highest BCUT2D eigenvalue weighted by molar-refractivity contribution is 5.85. The van der Waals surface area contributed by atoms with Crippen molar-refractivity contribution in [1.29, 1.82) is 0 Å². The van der Waals surface area contributed by atoms with Gasteiger partial charge in [-0.3, -0.25) is 9.78 Å². The molecule has 3 rings (SSSR count). The molecule has 2 heterocycles. The molecule has 0 aliphatic carbocycles. The molecule has 1 atom stereocenters. The molecule has 152 valence electrons. The minimum absolute atomic E-state index is 0.191. The summed E-state index contributed by atoms with van der Waals surface area (Å²) in [6.45, 7) is 5.96. The average molecular weight is 389 g/mol. The Morgan fingerprint density at radius 2 is 1.96 bits per heavy atom. The molecule has 0 saturated heterocycles. The van der Waals surface area contributed by atoms with E-state index in [1.807, 2.05) is 27.9 Å². The highest BCUT2D eigenvalue weighted by atomic mass is 19.1. The number of allylic oxidation sites excluding steroid dienone is 1. The molecule has 0 radical (unpaired) electrons. The third-order valence-electron chi connectivity index (χ3n) is 3.47. The number of benzene rings is 1. The maximum absolute atomic E-state index is 12.8. The van der Waals surface area contributed by atoms with E-state index in [0.717, 1.165) is 6.20 Å². The van der Waals surface area contributed by atoms with Gasteiger partial charge in [0.15, 0.2) is 0 Å². The first-order valence-corrected chi connectivity index (χ1v) is 9.05. The van der Waals surface area contributed by atoms with Gasteiger partial charge in [0.1, 0.15) is 23.9 Å². The van der Waals surface area contributed by atoms with E-state index in [1.165, 1.54) is 6.07 Å². The molecule has 6 nitrogen and oxygen atoms in total. The first-order valence-electron chi connectivity index (χ1n) is 9.05. The van der Waals surface area contributed by atoms with Crippen molar-refractivity contribution < 1.29 is 18.7 Å². The number of rotatable bonds is 4.